The molecule has 22 heavy (non-hydrogen) atoms. The van der Waals surface area contributed by atoms with Crippen LogP contribution in [0.1, 0.15) is 28.9 Å². The number of nitrogens with one attached hydrogen (secondary N) is 1. The van der Waals surface area contributed by atoms with Crippen molar-refractivity contribution in [2.75, 3.05) is 23.3 Å². The zero-order chi connectivity index (χ0) is 15.5. The molecule has 1 aromatic carbocycles. The molecule has 1 aromatic heterocycles. The van der Waals surface area contributed by atoms with Gasteiger partial charge in [0.25, 0.3) is 5.91 Å². The van der Waals surface area contributed by atoms with Crippen molar-refractivity contribution in [1.82, 2.24) is 9.97 Å². The van der Waals surface area contributed by atoms with Crippen LogP contribution in [-0.4, -0.2) is 29.0 Å². The normalized spacial score (nSPS) is 14.2. The number of aryl methyl sites for hydroxylation is 1. The van der Waals surface area contributed by atoms with Crippen LogP contribution in [0.3, 0.4) is 0 Å². The first-order chi connectivity index (χ1) is 10.6. The number of carbonyl (C=O) groups is 1. The van der Waals surface area contributed by atoms with Gasteiger partial charge in [0, 0.05) is 29.9 Å². The van der Waals surface area contributed by atoms with E-state index in [2.05, 4.69) is 20.2 Å². The molecule has 1 amide bonds. The molecule has 0 spiro atoms. The third-order valence-electron chi connectivity index (χ3n) is 3.75. The van der Waals surface area contributed by atoms with E-state index < -0.39 is 0 Å². The van der Waals surface area contributed by atoms with E-state index in [0.29, 0.717) is 16.4 Å². The molecule has 1 aliphatic heterocycles. The van der Waals surface area contributed by atoms with Gasteiger partial charge in [-0.3, -0.25) is 4.79 Å². The highest BCUT2D eigenvalue weighted by atomic mass is 35.5. The summed E-state index contributed by atoms with van der Waals surface area (Å²) in [7, 11) is 0. The Balaban J connectivity index is 1.76. The van der Waals surface area contributed by atoms with Gasteiger partial charge in [0.1, 0.15) is 17.8 Å². The summed E-state index contributed by atoms with van der Waals surface area (Å²) in [6.07, 6.45) is 3.76. The lowest BCUT2D eigenvalue weighted by molar-refractivity contribution is 0.102. The quantitative estimate of drug-likeness (QED) is 0.944. The van der Waals surface area contributed by atoms with Gasteiger partial charge in [-0.05, 0) is 37.5 Å². The number of aromatic nitrogens is 2. The Morgan fingerprint density at radius 3 is 2.73 bits per heavy atom. The zero-order valence-electron chi connectivity index (χ0n) is 12.3. The number of benzene rings is 1. The van der Waals surface area contributed by atoms with Crippen LogP contribution in [0.15, 0.2) is 30.6 Å². The Bertz CT molecular complexity index is 698. The maximum absolute atomic E-state index is 12.3. The van der Waals surface area contributed by atoms with Gasteiger partial charge in [0.15, 0.2) is 0 Å². The molecule has 0 saturated carbocycles. The average molecular weight is 317 g/mol. The molecule has 0 aliphatic carbocycles. The van der Waals surface area contributed by atoms with Crippen molar-refractivity contribution in [3.63, 3.8) is 0 Å². The van der Waals surface area contributed by atoms with Crippen molar-refractivity contribution >= 4 is 29.0 Å². The molecule has 0 radical (unpaired) electrons. The summed E-state index contributed by atoms with van der Waals surface area (Å²) < 4.78 is 0. The van der Waals surface area contributed by atoms with E-state index >= 15 is 0 Å². The number of rotatable bonds is 3. The summed E-state index contributed by atoms with van der Waals surface area (Å²) in [4.78, 5) is 22.8. The van der Waals surface area contributed by atoms with Crippen LogP contribution >= 0.6 is 11.6 Å². The minimum absolute atomic E-state index is 0.261. The van der Waals surface area contributed by atoms with Crippen LogP contribution in [0, 0.1) is 6.92 Å². The largest absolute Gasteiger partial charge is 0.357 e. The van der Waals surface area contributed by atoms with Crippen LogP contribution < -0.4 is 10.2 Å². The lowest BCUT2D eigenvalue weighted by atomic mass is 10.2. The van der Waals surface area contributed by atoms with E-state index in [-0.39, 0.29) is 5.91 Å². The van der Waals surface area contributed by atoms with Crippen molar-refractivity contribution in [3.8, 4) is 0 Å². The standard InChI is InChI=1S/C16H17ClN4O/c1-11-4-5-12(8-13(11)17)20-16(22)14-9-15(19-10-18-14)21-6-2-3-7-21/h4-5,8-10H,2-3,6-7H2,1H3,(H,20,22). The van der Waals surface area contributed by atoms with Crippen molar-refractivity contribution in [2.24, 2.45) is 0 Å². The van der Waals surface area contributed by atoms with E-state index in [1.54, 1.807) is 12.1 Å². The van der Waals surface area contributed by atoms with Crippen LogP contribution in [0.25, 0.3) is 0 Å². The molecule has 2 aromatic rings. The van der Waals surface area contributed by atoms with Crippen LogP contribution in [0.2, 0.25) is 5.02 Å². The van der Waals surface area contributed by atoms with Gasteiger partial charge in [0.05, 0.1) is 0 Å². The summed E-state index contributed by atoms with van der Waals surface area (Å²) >= 11 is 6.07. The minimum atomic E-state index is -0.261. The molecule has 2 heterocycles. The third kappa shape index (κ3) is 3.20. The van der Waals surface area contributed by atoms with E-state index in [9.17, 15) is 4.79 Å². The fourth-order valence-corrected chi connectivity index (χ4v) is 2.64. The number of halogens is 1. The van der Waals surface area contributed by atoms with Crippen molar-refractivity contribution in [1.29, 1.82) is 0 Å². The highest BCUT2D eigenvalue weighted by molar-refractivity contribution is 6.31. The number of amides is 1. The smallest absolute Gasteiger partial charge is 0.274 e. The highest BCUT2D eigenvalue weighted by Crippen LogP contribution is 2.21. The zero-order valence-corrected chi connectivity index (χ0v) is 13.1. The second-order valence-electron chi connectivity index (χ2n) is 5.37. The Morgan fingerprint density at radius 2 is 2.00 bits per heavy atom. The van der Waals surface area contributed by atoms with Gasteiger partial charge in [-0.1, -0.05) is 17.7 Å². The summed E-state index contributed by atoms with van der Waals surface area (Å²) in [5.41, 5.74) is 1.98. The van der Waals surface area contributed by atoms with Crippen molar-refractivity contribution < 1.29 is 4.79 Å². The average Bonchev–Trinajstić information content (AvgIpc) is 3.05. The predicted octanol–water partition coefficient (Wildman–Crippen LogP) is 3.29. The first-order valence-electron chi connectivity index (χ1n) is 7.28. The molecular formula is C16H17ClN4O. The van der Waals surface area contributed by atoms with Crippen LogP contribution in [0.5, 0.6) is 0 Å². The molecule has 114 valence electrons. The lowest BCUT2D eigenvalue weighted by Gasteiger charge is -2.16. The number of hydrogen-bond acceptors (Lipinski definition) is 4. The maximum Gasteiger partial charge on any atom is 0.274 e. The van der Waals surface area contributed by atoms with E-state index in [1.807, 2.05) is 19.1 Å². The second-order valence-corrected chi connectivity index (χ2v) is 5.78. The predicted molar refractivity (Wildman–Crippen MR) is 87.6 cm³/mol. The maximum atomic E-state index is 12.3. The molecule has 0 unspecified atom stereocenters. The Hall–Kier alpha value is -2.14. The van der Waals surface area contributed by atoms with Gasteiger partial charge in [0.2, 0.25) is 0 Å². The Kier molecular flexibility index (Phi) is 4.24. The number of carbonyl (C=O) groups excluding carboxylic acids is 1. The molecule has 0 bridgehead atoms. The second kappa shape index (κ2) is 6.32. The number of hydrogen-bond donors (Lipinski definition) is 1. The van der Waals surface area contributed by atoms with E-state index in [0.717, 1.165) is 37.3 Å². The fourth-order valence-electron chi connectivity index (χ4n) is 2.46. The molecule has 1 saturated heterocycles. The molecule has 1 fully saturated rings. The third-order valence-corrected chi connectivity index (χ3v) is 4.15. The van der Waals surface area contributed by atoms with E-state index in [1.165, 1.54) is 6.33 Å². The monoisotopic (exact) mass is 316 g/mol. The van der Waals surface area contributed by atoms with E-state index in [4.69, 9.17) is 11.6 Å². The number of nitrogens with zero attached hydrogens (tertiary/aromatic N) is 3. The number of anilines is 2. The molecular weight excluding hydrogens is 300 g/mol. The Morgan fingerprint density at radius 1 is 1.23 bits per heavy atom. The summed E-state index contributed by atoms with van der Waals surface area (Å²) in [5.74, 6) is 0.544. The van der Waals surface area contributed by atoms with Gasteiger partial charge < -0.3 is 10.2 Å². The van der Waals surface area contributed by atoms with Crippen molar-refractivity contribution in [3.05, 3.63) is 46.9 Å². The highest BCUT2D eigenvalue weighted by Gasteiger charge is 2.16. The van der Waals surface area contributed by atoms with Crippen LogP contribution in [0.4, 0.5) is 11.5 Å². The van der Waals surface area contributed by atoms with Gasteiger partial charge in [-0.15, -0.1) is 0 Å². The molecule has 0 atom stereocenters. The van der Waals surface area contributed by atoms with Gasteiger partial charge in [-0.2, -0.15) is 0 Å². The topological polar surface area (TPSA) is 58.1 Å². The van der Waals surface area contributed by atoms with Gasteiger partial charge in [-0.25, -0.2) is 9.97 Å². The molecule has 3 rings (SSSR count). The first-order valence-corrected chi connectivity index (χ1v) is 7.66. The first kappa shape index (κ1) is 14.8. The SMILES string of the molecule is Cc1ccc(NC(=O)c2cc(N3CCCC3)ncn2)cc1Cl. The molecule has 1 aliphatic rings. The summed E-state index contributed by atoms with van der Waals surface area (Å²) in [6.45, 7) is 3.87. The fraction of sp³-hybridized carbons (Fsp3) is 0.312. The molecule has 5 nitrogen and oxygen atoms in total. The summed E-state index contributed by atoms with van der Waals surface area (Å²) in [6, 6.07) is 7.16. The van der Waals surface area contributed by atoms with Crippen LogP contribution in [-0.2, 0) is 0 Å². The minimum Gasteiger partial charge on any atom is -0.357 e. The van der Waals surface area contributed by atoms with Crippen molar-refractivity contribution in [2.45, 2.75) is 19.8 Å². The molecule has 1 N–H and O–H groups in total. The Labute approximate surface area is 134 Å². The van der Waals surface area contributed by atoms with Gasteiger partial charge >= 0.3 is 0 Å². The lowest BCUT2D eigenvalue weighted by Crippen LogP contribution is -2.21. The molecule has 6 heteroatoms. The summed E-state index contributed by atoms with van der Waals surface area (Å²) in [5, 5.41) is 3.44.